The highest BCUT2D eigenvalue weighted by atomic mass is 16.5. The molecule has 1 atom stereocenters. The SMILES string of the molecule is CC(C)c1ncc(CN2CCO[C@@H](C(=O)N3CCCCC3)C2)cn1. The Morgan fingerprint density at radius 2 is 1.92 bits per heavy atom. The monoisotopic (exact) mass is 332 g/mol. The van der Waals surface area contributed by atoms with Gasteiger partial charge in [0.25, 0.3) is 5.91 Å². The lowest BCUT2D eigenvalue weighted by Crippen LogP contribution is -2.51. The molecule has 3 rings (SSSR count). The number of amides is 1. The number of aromatic nitrogens is 2. The summed E-state index contributed by atoms with van der Waals surface area (Å²) in [4.78, 5) is 25.7. The molecule has 2 fully saturated rings. The average molecular weight is 332 g/mol. The van der Waals surface area contributed by atoms with Gasteiger partial charge in [0.1, 0.15) is 11.9 Å². The first kappa shape index (κ1) is 17.3. The molecule has 3 heterocycles. The maximum atomic E-state index is 12.6. The summed E-state index contributed by atoms with van der Waals surface area (Å²) in [5.74, 6) is 1.37. The molecule has 1 amide bonds. The van der Waals surface area contributed by atoms with E-state index in [4.69, 9.17) is 4.74 Å². The normalized spacial score (nSPS) is 22.8. The Kier molecular flexibility index (Phi) is 5.79. The first-order valence-corrected chi connectivity index (χ1v) is 9.07. The number of morpholine rings is 1. The second-order valence-electron chi connectivity index (χ2n) is 7.08. The van der Waals surface area contributed by atoms with Gasteiger partial charge in [-0.15, -0.1) is 0 Å². The lowest BCUT2D eigenvalue weighted by molar-refractivity contribution is -0.150. The Morgan fingerprint density at radius 3 is 2.58 bits per heavy atom. The predicted octanol–water partition coefficient (Wildman–Crippen LogP) is 1.81. The highest BCUT2D eigenvalue weighted by molar-refractivity contribution is 5.81. The van der Waals surface area contributed by atoms with Gasteiger partial charge >= 0.3 is 0 Å². The minimum absolute atomic E-state index is 0.158. The van der Waals surface area contributed by atoms with E-state index in [1.165, 1.54) is 6.42 Å². The third kappa shape index (κ3) is 4.30. The Hall–Kier alpha value is -1.53. The van der Waals surface area contributed by atoms with Gasteiger partial charge in [-0.3, -0.25) is 9.69 Å². The second-order valence-corrected chi connectivity index (χ2v) is 7.08. The number of piperidine rings is 1. The fourth-order valence-corrected chi connectivity index (χ4v) is 3.32. The second kappa shape index (κ2) is 8.03. The van der Waals surface area contributed by atoms with Gasteiger partial charge in [-0.1, -0.05) is 13.8 Å². The molecular formula is C18H28N4O2. The summed E-state index contributed by atoms with van der Waals surface area (Å²) in [5, 5.41) is 0. The number of ether oxygens (including phenoxy) is 1. The molecule has 6 nitrogen and oxygen atoms in total. The van der Waals surface area contributed by atoms with Gasteiger partial charge in [0.15, 0.2) is 0 Å². The van der Waals surface area contributed by atoms with Crippen LogP contribution in [0.1, 0.15) is 50.4 Å². The first-order valence-electron chi connectivity index (χ1n) is 9.07. The van der Waals surface area contributed by atoms with Gasteiger partial charge < -0.3 is 9.64 Å². The lowest BCUT2D eigenvalue weighted by Gasteiger charge is -2.36. The maximum Gasteiger partial charge on any atom is 0.253 e. The van der Waals surface area contributed by atoms with Crippen LogP contribution < -0.4 is 0 Å². The van der Waals surface area contributed by atoms with E-state index in [-0.39, 0.29) is 12.0 Å². The fourth-order valence-electron chi connectivity index (χ4n) is 3.32. The molecular weight excluding hydrogens is 304 g/mol. The topological polar surface area (TPSA) is 58.6 Å². The van der Waals surface area contributed by atoms with Gasteiger partial charge in [0.2, 0.25) is 0 Å². The molecule has 24 heavy (non-hydrogen) atoms. The van der Waals surface area contributed by atoms with E-state index in [2.05, 4.69) is 28.7 Å². The molecule has 0 saturated carbocycles. The molecule has 0 bridgehead atoms. The molecule has 132 valence electrons. The minimum Gasteiger partial charge on any atom is -0.366 e. The van der Waals surface area contributed by atoms with Crippen LogP contribution in [0.4, 0.5) is 0 Å². The molecule has 0 aliphatic carbocycles. The Balaban J connectivity index is 1.55. The number of nitrogens with zero attached hydrogens (tertiary/aromatic N) is 4. The van der Waals surface area contributed by atoms with E-state index in [9.17, 15) is 4.79 Å². The number of rotatable bonds is 4. The van der Waals surface area contributed by atoms with Crippen molar-refractivity contribution in [1.29, 1.82) is 0 Å². The van der Waals surface area contributed by atoms with Crippen molar-refractivity contribution in [3.8, 4) is 0 Å². The van der Waals surface area contributed by atoms with E-state index in [0.29, 0.717) is 19.1 Å². The van der Waals surface area contributed by atoms with Crippen molar-refractivity contribution in [1.82, 2.24) is 19.8 Å². The number of carbonyl (C=O) groups is 1. The molecule has 1 aromatic heterocycles. The smallest absolute Gasteiger partial charge is 0.253 e. The molecule has 6 heteroatoms. The Morgan fingerprint density at radius 1 is 1.21 bits per heavy atom. The summed E-state index contributed by atoms with van der Waals surface area (Å²) in [6.07, 6.45) is 6.93. The van der Waals surface area contributed by atoms with Crippen LogP contribution in [0.25, 0.3) is 0 Å². The molecule has 0 aromatic carbocycles. The zero-order valence-corrected chi connectivity index (χ0v) is 14.8. The van der Waals surface area contributed by atoms with E-state index in [1.807, 2.05) is 17.3 Å². The lowest BCUT2D eigenvalue weighted by atomic mass is 10.1. The van der Waals surface area contributed by atoms with Crippen molar-refractivity contribution in [2.75, 3.05) is 32.8 Å². The molecule has 1 aromatic rings. The maximum absolute atomic E-state index is 12.6. The van der Waals surface area contributed by atoms with Crippen molar-refractivity contribution >= 4 is 5.91 Å². The van der Waals surface area contributed by atoms with Crippen LogP contribution in [0.2, 0.25) is 0 Å². The standard InChI is InChI=1S/C18H28N4O2/c1-14(2)17-19-10-15(11-20-17)12-21-8-9-24-16(13-21)18(23)22-6-4-3-5-7-22/h10-11,14,16H,3-9,12-13H2,1-2H3/t16-/m1/s1. The quantitative estimate of drug-likeness (QED) is 0.842. The number of hydrogen-bond acceptors (Lipinski definition) is 5. The van der Waals surface area contributed by atoms with Gasteiger partial charge in [0, 0.05) is 56.6 Å². The molecule has 0 unspecified atom stereocenters. The van der Waals surface area contributed by atoms with Gasteiger partial charge in [0.05, 0.1) is 6.61 Å². The van der Waals surface area contributed by atoms with Crippen molar-refractivity contribution in [2.24, 2.45) is 0 Å². The fraction of sp³-hybridized carbons (Fsp3) is 0.722. The molecule has 2 aliphatic rings. The van der Waals surface area contributed by atoms with E-state index in [0.717, 1.165) is 50.4 Å². The molecule has 2 saturated heterocycles. The van der Waals surface area contributed by atoms with Crippen LogP contribution in [-0.4, -0.2) is 64.6 Å². The Bertz CT molecular complexity index is 540. The number of carbonyl (C=O) groups excluding carboxylic acids is 1. The van der Waals surface area contributed by atoms with Crippen molar-refractivity contribution < 1.29 is 9.53 Å². The van der Waals surface area contributed by atoms with Crippen LogP contribution in [0.15, 0.2) is 12.4 Å². The van der Waals surface area contributed by atoms with E-state index < -0.39 is 0 Å². The molecule has 0 spiro atoms. The summed E-state index contributed by atoms with van der Waals surface area (Å²) in [6, 6.07) is 0. The van der Waals surface area contributed by atoms with Crippen LogP contribution >= 0.6 is 0 Å². The van der Waals surface area contributed by atoms with Crippen LogP contribution in [0.5, 0.6) is 0 Å². The summed E-state index contributed by atoms with van der Waals surface area (Å²) in [6.45, 7) is 8.81. The molecule has 0 radical (unpaired) electrons. The van der Waals surface area contributed by atoms with Crippen molar-refractivity contribution in [2.45, 2.75) is 51.7 Å². The van der Waals surface area contributed by atoms with Gasteiger partial charge in [-0.2, -0.15) is 0 Å². The highest BCUT2D eigenvalue weighted by Crippen LogP contribution is 2.16. The predicted molar refractivity (Wildman–Crippen MR) is 91.6 cm³/mol. The molecule has 2 aliphatic heterocycles. The van der Waals surface area contributed by atoms with Crippen LogP contribution in [0.3, 0.4) is 0 Å². The summed E-state index contributed by atoms with van der Waals surface area (Å²) < 4.78 is 5.75. The zero-order valence-electron chi connectivity index (χ0n) is 14.8. The van der Waals surface area contributed by atoms with Crippen LogP contribution in [-0.2, 0) is 16.1 Å². The number of likely N-dealkylation sites (tertiary alicyclic amines) is 1. The average Bonchev–Trinajstić information content (AvgIpc) is 2.62. The summed E-state index contributed by atoms with van der Waals surface area (Å²) in [7, 11) is 0. The van der Waals surface area contributed by atoms with Gasteiger partial charge in [-0.25, -0.2) is 9.97 Å². The largest absolute Gasteiger partial charge is 0.366 e. The van der Waals surface area contributed by atoms with E-state index >= 15 is 0 Å². The summed E-state index contributed by atoms with van der Waals surface area (Å²) in [5.41, 5.74) is 1.09. The zero-order chi connectivity index (χ0) is 16.9. The minimum atomic E-state index is -0.326. The molecule has 0 N–H and O–H groups in total. The Labute approximate surface area is 144 Å². The third-order valence-corrected chi connectivity index (χ3v) is 4.74. The van der Waals surface area contributed by atoms with Gasteiger partial charge in [-0.05, 0) is 19.3 Å². The highest BCUT2D eigenvalue weighted by Gasteiger charge is 2.30. The summed E-state index contributed by atoms with van der Waals surface area (Å²) >= 11 is 0. The van der Waals surface area contributed by atoms with Crippen molar-refractivity contribution in [3.63, 3.8) is 0 Å². The van der Waals surface area contributed by atoms with Crippen LogP contribution in [0, 0.1) is 0 Å². The first-order chi connectivity index (χ1) is 11.6. The van der Waals surface area contributed by atoms with Crippen molar-refractivity contribution in [3.05, 3.63) is 23.8 Å². The third-order valence-electron chi connectivity index (χ3n) is 4.74. The number of hydrogen-bond donors (Lipinski definition) is 0. The van der Waals surface area contributed by atoms with E-state index in [1.54, 1.807) is 0 Å².